The molecule has 8 heteroatoms. The second kappa shape index (κ2) is 7.81. The van der Waals surface area contributed by atoms with Crippen LogP contribution in [0.1, 0.15) is 22.6 Å². The van der Waals surface area contributed by atoms with E-state index in [1.54, 1.807) is 0 Å². The Morgan fingerprint density at radius 3 is 2.82 bits per heavy atom. The number of amides is 1. The third-order valence-electron chi connectivity index (χ3n) is 4.95. The van der Waals surface area contributed by atoms with Gasteiger partial charge in [0, 0.05) is 37.8 Å². The van der Waals surface area contributed by atoms with Gasteiger partial charge in [0.25, 0.3) is 0 Å². The van der Waals surface area contributed by atoms with Gasteiger partial charge >= 0.3 is 0 Å². The smallest absolute Gasteiger partial charge is 0.235 e. The van der Waals surface area contributed by atoms with E-state index < -0.39 is 0 Å². The highest BCUT2D eigenvalue weighted by Crippen LogP contribution is 2.28. The lowest BCUT2D eigenvalue weighted by molar-refractivity contribution is -0.113. The standard InChI is InChI=1S/C20H24N6OS/c1-13-19(14(2)26(23-13)15-7-5-4-6-8-15)28-12-18(27)22-20-16-11-21-10-9-17(16)25(3)24-20/h4-8,21H,9-12H2,1-3H3,(H,22,24,27). The van der Waals surface area contributed by atoms with Crippen LogP contribution in [0.25, 0.3) is 5.69 Å². The number of aromatic nitrogens is 4. The van der Waals surface area contributed by atoms with Crippen LogP contribution in [-0.4, -0.2) is 37.8 Å². The van der Waals surface area contributed by atoms with Crippen LogP contribution in [0.15, 0.2) is 35.2 Å². The first-order valence-corrected chi connectivity index (χ1v) is 10.3. The highest BCUT2D eigenvalue weighted by molar-refractivity contribution is 8.00. The van der Waals surface area contributed by atoms with Crippen molar-refractivity contribution in [2.45, 2.75) is 31.7 Å². The Morgan fingerprint density at radius 2 is 2.04 bits per heavy atom. The molecule has 0 aliphatic carbocycles. The summed E-state index contributed by atoms with van der Waals surface area (Å²) in [6.45, 7) is 5.70. The minimum atomic E-state index is -0.0530. The summed E-state index contributed by atoms with van der Waals surface area (Å²) in [5.74, 6) is 0.937. The molecule has 28 heavy (non-hydrogen) atoms. The first-order valence-electron chi connectivity index (χ1n) is 9.34. The number of fused-ring (bicyclic) bond motifs is 1. The molecule has 1 amide bonds. The number of benzene rings is 1. The predicted molar refractivity (Wildman–Crippen MR) is 111 cm³/mol. The van der Waals surface area contributed by atoms with Gasteiger partial charge in [0.2, 0.25) is 5.91 Å². The van der Waals surface area contributed by atoms with Crippen molar-refractivity contribution in [3.63, 3.8) is 0 Å². The largest absolute Gasteiger partial charge is 0.312 e. The average Bonchev–Trinajstić information content (AvgIpc) is 3.17. The number of carbonyl (C=O) groups excluding carboxylic acids is 1. The van der Waals surface area contributed by atoms with Crippen molar-refractivity contribution in [1.29, 1.82) is 0 Å². The van der Waals surface area contributed by atoms with Crippen LogP contribution in [0.4, 0.5) is 5.82 Å². The molecule has 0 bridgehead atoms. The van der Waals surface area contributed by atoms with Crippen molar-refractivity contribution in [3.8, 4) is 5.69 Å². The Morgan fingerprint density at radius 1 is 1.25 bits per heavy atom. The summed E-state index contributed by atoms with van der Waals surface area (Å²) < 4.78 is 3.80. The molecule has 1 aliphatic rings. The van der Waals surface area contributed by atoms with Gasteiger partial charge in [0.05, 0.1) is 27.7 Å². The van der Waals surface area contributed by atoms with Gasteiger partial charge in [-0.15, -0.1) is 11.8 Å². The van der Waals surface area contributed by atoms with E-state index in [1.165, 1.54) is 17.5 Å². The Labute approximate surface area is 168 Å². The van der Waals surface area contributed by atoms with Crippen molar-refractivity contribution in [2.24, 2.45) is 7.05 Å². The summed E-state index contributed by atoms with van der Waals surface area (Å²) in [7, 11) is 1.93. The number of para-hydroxylation sites is 1. The Bertz CT molecular complexity index is 1010. The van der Waals surface area contributed by atoms with Gasteiger partial charge in [-0.05, 0) is 26.0 Å². The molecule has 0 radical (unpaired) electrons. The number of anilines is 1. The number of carbonyl (C=O) groups is 1. The van der Waals surface area contributed by atoms with Gasteiger partial charge in [-0.2, -0.15) is 10.2 Å². The zero-order chi connectivity index (χ0) is 19.7. The van der Waals surface area contributed by atoms with E-state index in [9.17, 15) is 4.79 Å². The number of nitrogens with zero attached hydrogens (tertiary/aromatic N) is 4. The van der Waals surface area contributed by atoms with Gasteiger partial charge in [-0.3, -0.25) is 9.48 Å². The maximum Gasteiger partial charge on any atom is 0.235 e. The van der Waals surface area contributed by atoms with Crippen molar-refractivity contribution < 1.29 is 4.79 Å². The maximum atomic E-state index is 12.6. The fourth-order valence-corrected chi connectivity index (χ4v) is 4.48. The second-order valence-corrected chi connectivity index (χ2v) is 7.89. The van der Waals surface area contributed by atoms with E-state index in [0.29, 0.717) is 11.6 Å². The van der Waals surface area contributed by atoms with Gasteiger partial charge in [0.15, 0.2) is 5.82 Å². The van der Waals surface area contributed by atoms with Crippen LogP contribution in [0.5, 0.6) is 0 Å². The Kier molecular flexibility index (Phi) is 5.23. The van der Waals surface area contributed by atoms with E-state index in [2.05, 4.69) is 20.8 Å². The van der Waals surface area contributed by atoms with Crippen molar-refractivity contribution >= 4 is 23.5 Å². The molecule has 0 atom stereocenters. The lowest BCUT2D eigenvalue weighted by atomic mass is 10.1. The number of aryl methyl sites for hydroxylation is 2. The summed E-state index contributed by atoms with van der Waals surface area (Å²) in [6.07, 6.45) is 0.931. The third-order valence-corrected chi connectivity index (χ3v) is 6.23. The number of rotatable bonds is 5. The zero-order valence-corrected chi connectivity index (χ0v) is 17.1. The van der Waals surface area contributed by atoms with Crippen LogP contribution in [0, 0.1) is 13.8 Å². The molecule has 0 saturated heterocycles. The minimum absolute atomic E-state index is 0.0530. The van der Waals surface area contributed by atoms with Gasteiger partial charge in [0.1, 0.15) is 0 Å². The average molecular weight is 397 g/mol. The Balaban J connectivity index is 1.45. The quantitative estimate of drug-likeness (QED) is 0.649. The monoisotopic (exact) mass is 396 g/mol. The number of hydrogen-bond donors (Lipinski definition) is 2. The minimum Gasteiger partial charge on any atom is -0.312 e. The molecule has 0 unspecified atom stereocenters. The summed E-state index contributed by atoms with van der Waals surface area (Å²) in [5.41, 5.74) is 5.28. The van der Waals surface area contributed by atoms with Crippen LogP contribution < -0.4 is 10.6 Å². The normalized spacial score (nSPS) is 13.4. The van der Waals surface area contributed by atoms with Crippen molar-refractivity contribution in [2.75, 3.05) is 17.6 Å². The van der Waals surface area contributed by atoms with E-state index in [1.807, 2.05) is 60.6 Å². The summed E-state index contributed by atoms with van der Waals surface area (Å²) in [5, 5.41) is 15.4. The first-order chi connectivity index (χ1) is 13.5. The molecule has 0 spiro atoms. The van der Waals surface area contributed by atoms with E-state index >= 15 is 0 Å². The van der Waals surface area contributed by atoms with E-state index in [4.69, 9.17) is 0 Å². The molecule has 2 N–H and O–H groups in total. The van der Waals surface area contributed by atoms with Crippen LogP contribution in [-0.2, 0) is 24.8 Å². The third kappa shape index (κ3) is 3.57. The van der Waals surface area contributed by atoms with Crippen molar-refractivity contribution in [1.82, 2.24) is 24.9 Å². The summed E-state index contributed by atoms with van der Waals surface area (Å²) in [4.78, 5) is 13.6. The summed E-state index contributed by atoms with van der Waals surface area (Å²) >= 11 is 1.52. The molecule has 1 aliphatic heterocycles. The van der Waals surface area contributed by atoms with Crippen molar-refractivity contribution in [3.05, 3.63) is 53.0 Å². The SMILES string of the molecule is Cc1nn(-c2ccccc2)c(C)c1SCC(=O)Nc1nn(C)c2c1CNCC2. The lowest BCUT2D eigenvalue weighted by Crippen LogP contribution is -2.25. The van der Waals surface area contributed by atoms with Crippen LogP contribution >= 0.6 is 11.8 Å². The molecular weight excluding hydrogens is 372 g/mol. The molecule has 2 aromatic heterocycles. The van der Waals surface area contributed by atoms with Gasteiger partial charge in [-0.25, -0.2) is 4.68 Å². The molecule has 0 saturated carbocycles. The van der Waals surface area contributed by atoms with Gasteiger partial charge < -0.3 is 10.6 Å². The lowest BCUT2D eigenvalue weighted by Gasteiger charge is -2.14. The second-order valence-electron chi connectivity index (χ2n) is 6.91. The van der Waals surface area contributed by atoms with Crippen LogP contribution in [0.2, 0.25) is 0 Å². The molecule has 146 valence electrons. The fourth-order valence-electron chi connectivity index (χ4n) is 3.59. The van der Waals surface area contributed by atoms with Crippen LogP contribution in [0.3, 0.4) is 0 Å². The highest BCUT2D eigenvalue weighted by Gasteiger charge is 2.21. The first kappa shape index (κ1) is 18.8. The Hall–Kier alpha value is -2.58. The summed E-state index contributed by atoms with van der Waals surface area (Å²) in [6, 6.07) is 10.0. The number of nitrogens with one attached hydrogen (secondary N) is 2. The molecule has 4 rings (SSSR count). The fraction of sp³-hybridized carbons (Fsp3) is 0.350. The van der Waals surface area contributed by atoms with Gasteiger partial charge in [-0.1, -0.05) is 18.2 Å². The molecule has 7 nitrogen and oxygen atoms in total. The molecule has 0 fully saturated rings. The highest BCUT2D eigenvalue weighted by atomic mass is 32.2. The predicted octanol–water partition coefficient (Wildman–Crippen LogP) is 2.60. The molecule has 3 aromatic rings. The number of hydrogen-bond acceptors (Lipinski definition) is 5. The molecular formula is C20H24N6OS. The van der Waals surface area contributed by atoms with E-state index in [-0.39, 0.29) is 5.91 Å². The molecule has 3 heterocycles. The zero-order valence-electron chi connectivity index (χ0n) is 16.3. The number of thioether (sulfide) groups is 1. The molecule has 1 aromatic carbocycles. The van der Waals surface area contributed by atoms with E-state index in [0.717, 1.165) is 47.0 Å². The maximum absolute atomic E-state index is 12.6. The topological polar surface area (TPSA) is 76.8 Å².